The van der Waals surface area contributed by atoms with Gasteiger partial charge in [-0.25, -0.2) is 4.79 Å². The molecule has 184 valence electrons. The Morgan fingerprint density at radius 1 is 1.03 bits per heavy atom. The Labute approximate surface area is 209 Å². The van der Waals surface area contributed by atoms with Crippen molar-refractivity contribution >= 4 is 35.2 Å². The summed E-state index contributed by atoms with van der Waals surface area (Å²) in [6, 6.07) is 15.2. The molecule has 3 rings (SSSR count). The number of nitrogens with zero attached hydrogens (tertiary/aromatic N) is 1. The summed E-state index contributed by atoms with van der Waals surface area (Å²) in [6.45, 7) is 1.87. The number of benzene rings is 3. The summed E-state index contributed by atoms with van der Waals surface area (Å²) in [5, 5.41) is 11.6. The van der Waals surface area contributed by atoms with Gasteiger partial charge in [0, 0.05) is 0 Å². The minimum absolute atomic E-state index is 0.0374. The molecule has 0 bridgehead atoms. The second kappa shape index (κ2) is 11.0. The molecule has 0 aliphatic heterocycles. The third-order valence-electron chi connectivity index (χ3n) is 4.90. The fourth-order valence-electron chi connectivity index (χ4n) is 3.01. The van der Waals surface area contributed by atoms with Crippen molar-refractivity contribution in [3.8, 4) is 17.6 Å². The van der Waals surface area contributed by atoms with E-state index in [1.807, 2.05) is 6.92 Å². The van der Waals surface area contributed by atoms with Gasteiger partial charge in [-0.05, 0) is 61.0 Å². The Balaban J connectivity index is 1.87. The number of nitrogens with one attached hydrogen (secondary N) is 1. The summed E-state index contributed by atoms with van der Waals surface area (Å²) < 4.78 is 49.7. The number of nitriles is 1. The van der Waals surface area contributed by atoms with E-state index < -0.39 is 29.2 Å². The monoisotopic (exact) mass is 514 g/mol. The number of carbonyl (C=O) groups is 2. The first-order valence-corrected chi connectivity index (χ1v) is 10.7. The zero-order chi connectivity index (χ0) is 26.5. The lowest BCUT2D eigenvalue weighted by molar-refractivity contribution is -0.137. The molecule has 0 atom stereocenters. The molecular formula is C26H18ClF3N2O4. The quantitative estimate of drug-likeness (QED) is 0.177. The lowest BCUT2D eigenvalue weighted by Crippen LogP contribution is -2.15. The van der Waals surface area contributed by atoms with Crippen molar-refractivity contribution in [1.82, 2.24) is 0 Å². The van der Waals surface area contributed by atoms with Crippen molar-refractivity contribution in [2.75, 3.05) is 12.4 Å². The van der Waals surface area contributed by atoms with E-state index in [4.69, 9.17) is 21.1 Å². The van der Waals surface area contributed by atoms with Crippen molar-refractivity contribution in [3.05, 3.63) is 93.5 Å². The highest BCUT2D eigenvalue weighted by atomic mass is 35.5. The number of aryl methyl sites for hydroxylation is 1. The number of amides is 1. The van der Waals surface area contributed by atoms with Crippen LogP contribution in [0.3, 0.4) is 0 Å². The first-order chi connectivity index (χ1) is 17.0. The highest BCUT2D eigenvalue weighted by molar-refractivity contribution is 6.34. The van der Waals surface area contributed by atoms with E-state index in [0.717, 1.165) is 17.7 Å². The van der Waals surface area contributed by atoms with Crippen LogP contribution in [0.2, 0.25) is 5.02 Å². The minimum atomic E-state index is -4.65. The SMILES string of the molecule is COc1ccc(/C=C(\C#N)C(=O)Nc2cc(C(F)(F)F)ccc2Cl)cc1OC(=O)c1ccc(C)cc1. The van der Waals surface area contributed by atoms with Gasteiger partial charge in [0.15, 0.2) is 11.5 Å². The topological polar surface area (TPSA) is 88.4 Å². The maximum absolute atomic E-state index is 13.0. The second-order valence-corrected chi connectivity index (χ2v) is 7.89. The van der Waals surface area contributed by atoms with Crippen LogP contribution in [0.4, 0.5) is 18.9 Å². The normalized spacial score (nSPS) is 11.4. The van der Waals surface area contributed by atoms with E-state index in [9.17, 15) is 28.0 Å². The van der Waals surface area contributed by atoms with E-state index in [2.05, 4.69) is 5.32 Å². The Hall–Kier alpha value is -4.29. The molecule has 0 aliphatic rings. The molecule has 1 N–H and O–H groups in total. The Morgan fingerprint density at radius 3 is 2.33 bits per heavy atom. The predicted octanol–water partition coefficient (Wildman–Crippen LogP) is 6.44. The number of hydrogen-bond donors (Lipinski definition) is 1. The van der Waals surface area contributed by atoms with Crippen LogP contribution in [0.5, 0.6) is 11.5 Å². The van der Waals surface area contributed by atoms with E-state index in [1.54, 1.807) is 30.3 Å². The van der Waals surface area contributed by atoms with Crippen molar-refractivity contribution in [2.45, 2.75) is 13.1 Å². The molecular weight excluding hydrogens is 497 g/mol. The standard InChI is InChI=1S/C26H18ClF3N2O4/c1-15-3-6-17(7-4-15)25(34)36-23-12-16(5-10-22(23)35-2)11-18(14-31)24(33)32-21-13-19(26(28,29)30)8-9-20(21)27/h3-13H,1-2H3,(H,32,33)/b18-11+. The summed E-state index contributed by atoms with van der Waals surface area (Å²) in [7, 11) is 1.38. The molecule has 1 amide bonds. The smallest absolute Gasteiger partial charge is 0.416 e. The third kappa shape index (κ3) is 6.43. The molecule has 0 unspecified atom stereocenters. The fourth-order valence-corrected chi connectivity index (χ4v) is 3.18. The predicted molar refractivity (Wildman–Crippen MR) is 128 cm³/mol. The number of halogens is 4. The van der Waals surface area contributed by atoms with Gasteiger partial charge in [-0.15, -0.1) is 0 Å². The van der Waals surface area contributed by atoms with Crippen molar-refractivity contribution < 1.29 is 32.2 Å². The van der Waals surface area contributed by atoms with Gasteiger partial charge in [0.1, 0.15) is 11.6 Å². The van der Waals surface area contributed by atoms with Crippen LogP contribution in [0, 0.1) is 18.3 Å². The molecule has 3 aromatic rings. The molecule has 0 fully saturated rings. The molecule has 0 aromatic heterocycles. The van der Waals surface area contributed by atoms with Crippen molar-refractivity contribution in [2.24, 2.45) is 0 Å². The fraction of sp³-hybridized carbons (Fsp3) is 0.115. The van der Waals surface area contributed by atoms with E-state index in [0.29, 0.717) is 17.2 Å². The molecule has 6 nitrogen and oxygen atoms in total. The summed E-state index contributed by atoms with van der Waals surface area (Å²) in [4.78, 5) is 25.1. The van der Waals surface area contributed by atoms with Crippen LogP contribution < -0.4 is 14.8 Å². The molecule has 10 heteroatoms. The Kier molecular flexibility index (Phi) is 8.02. The van der Waals surface area contributed by atoms with E-state index >= 15 is 0 Å². The molecule has 0 saturated heterocycles. The molecule has 0 saturated carbocycles. The maximum atomic E-state index is 13.0. The van der Waals surface area contributed by atoms with Crippen LogP contribution >= 0.6 is 11.6 Å². The largest absolute Gasteiger partial charge is 0.493 e. The number of methoxy groups -OCH3 is 1. The molecule has 0 aliphatic carbocycles. The number of carbonyl (C=O) groups excluding carboxylic acids is 2. The van der Waals surface area contributed by atoms with Crippen molar-refractivity contribution in [1.29, 1.82) is 5.26 Å². The van der Waals surface area contributed by atoms with Crippen LogP contribution in [0.15, 0.2) is 66.2 Å². The molecule has 0 radical (unpaired) electrons. The van der Waals surface area contributed by atoms with Gasteiger partial charge in [-0.2, -0.15) is 18.4 Å². The Bertz CT molecular complexity index is 1380. The van der Waals surface area contributed by atoms with Gasteiger partial charge in [-0.1, -0.05) is 35.4 Å². The lowest BCUT2D eigenvalue weighted by Gasteiger charge is -2.12. The minimum Gasteiger partial charge on any atom is -0.493 e. The molecule has 3 aromatic carbocycles. The third-order valence-corrected chi connectivity index (χ3v) is 5.23. The molecule has 0 heterocycles. The maximum Gasteiger partial charge on any atom is 0.416 e. The Morgan fingerprint density at radius 2 is 1.72 bits per heavy atom. The summed E-state index contributed by atoms with van der Waals surface area (Å²) >= 11 is 5.91. The van der Waals surface area contributed by atoms with Gasteiger partial charge in [0.25, 0.3) is 5.91 Å². The number of rotatable bonds is 6. The van der Waals surface area contributed by atoms with Crippen LogP contribution in [0.1, 0.15) is 27.0 Å². The van der Waals surface area contributed by atoms with Gasteiger partial charge in [0.2, 0.25) is 0 Å². The highest BCUT2D eigenvalue weighted by Gasteiger charge is 2.31. The number of esters is 1. The first kappa shape index (κ1) is 26.3. The summed E-state index contributed by atoms with van der Waals surface area (Å²) in [5.41, 5.74) is -0.183. The number of ether oxygens (including phenoxy) is 2. The average Bonchev–Trinajstić information content (AvgIpc) is 2.83. The number of hydrogen-bond acceptors (Lipinski definition) is 5. The van der Waals surface area contributed by atoms with Crippen LogP contribution in [0.25, 0.3) is 6.08 Å². The zero-order valence-electron chi connectivity index (χ0n) is 18.9. The van der Waals surface area contributed by atoms with Gasteiger partial charge < -0.3 is 14.8 Å². The second-order valence-electron chi connectivity index (χ2n) is 7.48. The molecule has 0 spiro atoms. The van der Waals surface area contributed by atoms with E-state index in [1.165, 1.54) is 31.4 Å². The number of alkyl halides is 3. The lowest BCUT2D eigenvalue weighted by atomic mass is 10.1. The molecule has 36 heavy (non-hydrogen) atoms. The van der Waals surface area contributed by atoms with Gasteiger partial charge >= 0.3 is 12.1 Å². The van der Waals surface area contributed by atoms with Crippen LogP contribution in [-0.4, -0.2) is 19.0 Å². The highest BCUT2D eigenvalue weighted by Crippen LogP contribution is 2.34. The zero-order valence-corrected chi connectivity index (χ0v) is 19.7. The summed E-state index contributed by atoms with van der Waals surface area (Å²) in [6.07, 6.45) is -3.47. The van der Waals surface area contributed by atoms with Gasteiger partial charge in [-0.3, -0.25) is 4.79 Å². The summed E-state index contributed by atoms with van der Waals surface area (Å²) in [5.74, 6) is -1.36. The number of anilines is 1. The average molecular weight is 515 g/mol. The van der Waals surface area contributed by atoms with Crippen LogP contribution in [-0.2, 0) is 11.0 Å². The van der Waals surface area contributed by atoms with Gasteiger partial charge in [0.05, 0.1) is 28.9 Å². The first-order valence-electron chi connectivity index (χ1n) is 10.3. The van der Waals surface area contributed by atoms with Crippen molar-refractivity contribution in [3.63, 3.8) is 0 Å². The van der Waals surface area contributed by atoms with E-state index in [-0.39, 0.29) is 22.2 Å².